The third-order valence-electron chi connectivity index (χ3n) is 6.06. The molecule has 2 rings (SSSR count). The molecule has 0 aromatic rings. The Hall–Kier alpha value is -2.32. The third kappa shape index (κ3) is 7.84. The highest BCUT2D eigenvalue weighted by atomic mass is 16.5. The Kier molecular flexibility index (Phi) is 9.39. The maximum atomic E-state index is 12.7. The van der Waals surface area contributed by atoms with Gasteiger partial charge in [0, 0.05) is 18.9 Å². The smallest absolute Gasteiger partial charge is 0.328 e. The van der Waals surface area contributed by atoms with Crippen molar-refractivity contribution in [2.24, 2.45) is 28.3 Å². The molecule has 2 aliphatic rings. The lowest BCUT2D eigenvalue weighted by atomic mass is 9.81. The molecule has 30 heavy (non-hydrogen) atoms. The van der Waals surface area contributed by atoms with Gasteiger partial charge in [-0.15, -0.1) is 0 Å². The molecular formula is C21H37N5O4. The largest absolute Gasteiger partial charge is 0.464 e. The first kappa shape index (κ1) is 24.0. The molecule has 170 valence electrons. The molecule has 0 heterocycles. The van der Waals surface area contributed by atoms with Crippen molar-refractivity contribution in [2.75, 3.05) is 6.61 Å². The van der Waals surface area contributed by atoms with E-state index < -0.39 is 6.04 Å². The lowest BCUT2D eigenvalue weighted by Crippen LogP contribution is -2.45. The van der Waals surface area contributed by atoms with Gasteiger partial charge in [-0.1, -0.05) is 6.42 Å². The molecule has 6 N–H and O–H groups in total. The van der Waals surface area contributed by atoms with E-state index in [9.17, 15) is 14.4 Å². The Morgan fingerprint density at radius 1 is 1.10 bits per heavy atom. The van der Waals surface area contributed by atoms with Gasteiger partial charge in [-0.2, -0.15) is 0 Å². The van der Waals surface area contributed by atoms with Crippen LogP contribution in [0, 0.1) is 11.8 Å². The molecule has 0 bridgehead atoms. The summed E-state index contributed by atoms with van der Waals surface area (Å²) in [6.45, 7) is 3.45. The summed E-state index contributed by atoms with van der Waals surface area (Å²) in [5.41, 5.74) is 11.0. The normalized spacial score (nSPS) is 27.4. The van der Waals surface area contributed by atoms with Crippen LogP contribution in [0.4, 0.5) is 0 Å². The molecular weight excluding hydrogens is 386 g/mol. The molecule has 0 saturated heterocycles. The van der Waals surface area contributed by atoms with E-state index in [0.29, 0.717) is 25.4 Å². The van der Waals surface area contributed by atoms with Crippen LogP contribution < -0.4 is 22.1 Å². The summed E-state index contributed by atoms with van der Waals surface area (Å²) in [5.74, 6) is -0.162. The van der Waals surface area contributed by atoms with Crippen molar-refractivity contribution >= 4 is 23.7 Å². The maximum absolute atomic E-state index is 12.7. The van der Waals surface area contributed by atoms with Crippen molar-refractivity contribution in [3.63, 3.8) is 0 Å². The molecule has 0 spiro atoms. The average Bonchev–Trinajstić information content (AvgIpc) is 2.68. The molecule has 3 atom stereocenters. The molecule has 2 aliphatic carbocycles. The number of amides is 2. The Balaban J connectivity index is 1.79. The second-order valence-corrected chi connectivity index (χ2v) is 8.54. The first-order chi connectivity index (χ1) is 14.3. The lowest BCUT2D eigenvalue weighted by Gasteiger charge is -2.33. The number of guanidine groups is 1. The zero-order chi connectivity index (χ0) is 22.1. The van der Waals surface area contributed by atoms with Crippen LogP contribution in [-0.2, 0) is 19.1 Å². The third-order valence-corrected chi connectivity index (χ3v) is 6.06. The van der Waals surface area contributed by atoms with Gasteiger partial charge in [0.25, 0.3) is 0 Å². The van der Waals surface area contributed by atoms with Gasteiger partial charge in [0.05, 0.1) is 12.6 Å². The molecule has 2 amide bonds. The number of nitrogens with zero attached hydrogens (tertiary/aromatic N) is 1. The SMILES string of the molecule is CCOC(=O)C(CC1CCC(NC(=O)C2CCCC(N=C(N)N)C2)CC1)NC(C)=O. The Labute approximate surface area is 178 Å². The van der Waals surface area contributed by atoms with Crippen LogP contribution in [0.5, 0.6) is 0 Å². The first-order valence-electron chi connectivity index (χ1n) is 11.1. The topological polar surface area (TPSA) is 149 Å². The van der Waals surface area contributed by atoms with Crippen molar-refractivity contribution in [2.45, 2.75) is 89.8 Å². The van der Waals surface area contributed by atoms with Gasteiger partial charge in [-0.05, 0) is 64.2 Å². The van der Waals surface area contributed by atoms with E-state index in [-0.39, 0.29) is 41.7 Å². The van der Waals surface area contributed by atoms with E-state index in [1.165, 1.54) is 6.92 Å². The fourth-order valence-electron chi connectivity index (χ4n) is 4.63. The summed E-state index contributed by atoms with van der Waals surface area (Å²) in [7, 11) is 0. The Morgan fingerprint density at radius 3 is 2.40 bits per heavy atom. The fourth-order valence-corrected chi connectivity index (χ4v) is 4.63. The Morgan fingerprint density at radius 2 is 1.80 bits per heavy atom. The zero-order valence-corrected chi connectivity index (χ0v) is 18.2. The second kappa shape index (κ2) is 11.8. The standard InChI is InChI=1S/C21H37N5O4/c1-3-30-20(29)18(24-13(2)27)11-14-7-9-16(10-8-14)25-19(28)15-5-4-6-17(12-15)26-21(22)23/h14-18H,3-12H2,1-2H3,(H,24,27)(H,25,28)(H4,22,23,26). The summed E-state index contributed by atoms with van der Waals surface area (Å²) in [6, 6.07) is -0.420. The van der Waals surface area contributed by atoms with Crippen LogP contribution in [0.3, 0.4) is 0 Å². The highest BCUT2D eigenvalue weighted by Gasteiger charge is 2.31. The number of carbonyl (C=O) groups is 3. The summed E-state index contributed by atoms with van der Waals surface area (Å²) >= 11 is 0. The second-order valence-electron chi connectivity index (χ2n) is 8.54. The number of nitrogens with one attached hydrogen (secondary N) is 2. The number of ether oxygens (including phenoxy) is 1. The molecule has 0 aliphatic heterocycles. The molecule has 0 aromatic carbocycles. The minimum absolute atomic E-state index is 0.0313. The van der Waals surface area contributed by atoms with E-state index in [2.05, 4.69) is 15.6 Å². The van der Waals surface area contributed by atoms with Gasteiger partial charge in [0.1, 0.15) is 6.04 Å². The zero-order valence-electron chi connectivity index (χ0n) is 18.2. The van der Waals surface area contributed by atoms with Crippen LogP contribution in [0.25, 0.3) is 0 Å². The summed E-state index contributed by atoms with van der Waals surface area (Å²) in [5, 5.41) is 5.90. The van der Waals surface area contributed by atoms with Crippen molar-refractivity contribution < 1.29 is 19.1 Å². The molecule has 2 fully saturated rings. The van der Waals surface area contributed by atoms with Crippen LogP contribution in [0.1, 0.15) is 71.6 Å². The quantitative estimate of drug-likeness (QED) is 0.259. The van der Waals surface area contributed by atoms with E-state index >= 15 is 0 Å². The molecule has 2 saturated carbocycles. The van der Waals surface area contributed by atoms with Crippen molar-refractivity contribution in [1.82, 2.24) is 10.6 Å². The lowest BCUT2D eigenvalue weighted by molar-refractivity contribution is -0.147. The maximum Gasteiger partial charge on any atom is 0.328 e. The van der Waals surface area contributed by atoms with Gasteiger partial charge in [-0.3, -0.25) is 14.6 Å². The van der Waals surface area contributed by atoms with E-state index in [1.807, 2.05) is 0 Å². The molecule has 9 nitrogen and oxygen atoms in total. The van der Waals surface area contributed by atoms with Gasteiger partial charge in [0.15, 0.2) is 5.96 Å². The summed E-state index contributed by atoms with van der Waals surface area (Å²) < 4.78 is 5.08. The van der Waals surface area contributed by atoms with Gasteiger partial charge in [0.2, 0.25) is 11.8 Å². The molecule has 3 unspecified atom stereocenters. The van der Waals surface area contributed by atoms with Crippen LogP contribution in [0.2, 0.25) is 0 Å². The summed E-state index contributed by atoms with van der Waals surface area (Å²) in [4.78, 5) is 40.5. The van der Waals surface area contributed by atoms with Crippen LogP contribution in [0.15, 0.2) is 4.99 Å². The predicted molar refractivity (Wildman–Crippen MR) is 114 cm³/mol. The number of rotatable bonds is 8. The molecule has 0 radical (unpaired) electrons. The number of hydrogen-bond donors (Lipinski definition) is 4. The minimum atomic E-state index is -0.603. The van der Waals surface area contributed by atoms with Crippen LogP contribution in [-0.4, -0.2) is 48.5 Å². The van der Waals surface area contributed by atoms with E-state index in [1.54, 1.807) is 6.92 Å². The first-order valence-corrected chi connectivity index (χ1v) is 11.1. The monoisotopic (exact) mass is 423 g/mol. The van der Waals surface area contributed by atoms with Crippen molar-refractivity contribution in [3.8, 4) is 0 Å². The number of nitrogens with two attached hydrogens (primary N) is 2. The minimum Gasteiger partial charge on any atom is -0.464 e. The molecule has 9 heteroatoms. The van der Waals surface area contributed by atoms with Gasteiger partial charge < -0.3 is 26.8 Å². The highest BCUT2D eigenvalue weighted by Crippen LogP contribution is 2.30. The van der Waals surface area contributed by atoms with E-state index in [0.717, 1.165) is 44.9 Å². The van der Waals surface area contributed by atoms with Crippen molar-refractivity contribution in [1.29, 1.82) is 0 Å². The highest BCUT2D eigenvalue weighted by molar-refractivity contribution is 5.83. The Bertz CT molecular complexity index is 627. The molecule has 0 aromatic heterocycles. The van der Waals surface area contributed by atoms with Crippen molar-refractivity contribution in [3.05, 3.63) is 0 Å². The summed E-state index contributed by atoms with van der Waals surface area (Å²) in [6.07, 6.45) is 7.55. The van der Waals surface area contributed by atoms with Crippen LogP contribution >= 0.6 is 0 Å². The average molecular weight is 424 g/mol. The number of carbonyl (C=O) groups excluding carboxylic acids is 3. The predicted octanol–water partition coefficient (Wildman–Crippen LogP) is 0.952. The fraction of sp³-hybridized carbons (Fsp3) is 0.810. The van der Waals surface area contributed by atoms with Gasteiger partial charge in [-0.25, -0.2) is 4.79 Å². The van der Waals surface area contributed by atoms with E-state index in [4.69, 9.17) is 16.2 Å². The van der Waals surface area contributed by atoms with Gasteiger partial charge >= 0.3 is 5.97 Å². The number of esters is 1. The number of hydrogen-bond acceptors (Lipinski definition) is 5. The number of aliphatic imine (C=N–C) groups is 1.